The molecule has 2 aromatic carbocycles. The average Bonchev–Trinajstić information content (AvgIpc) is 2.58. The van der Waals surface area contributed by atoms with Gasteiger partial charge < -0.3 is 19.0 Å². The first-order valence-corrected chi connectivity index (χ1v) is 7.19. The number of hydrogen-bond donors (Lipinski definition) is 0. The summed E-state index contributed by atoms with van der Waals surface area (Å²) in [4.78, 5) is 5.39. The zero-order chi connectivity index (χ0) is 16.7. The zero-order valence-corrected chi connectivity index (χ0v) is 13.8. The summed E-state index contributed by atoms with van der Waals surface area (Å²) in [5, 5.41) is 4.01. The van der Waals surface area contributed by atoms with Crippen LogP contribution in [-0.2, 0) is 11.4 Å². The molecule has 5 heteroatoms. The third-order valence-electron chi connectivity index (χ3n) is 3.36. The van der Waals surface area contributed by atoms with Crippen LogP contribution in [0.3, 0.4) is 0 Å². The van der Waals surface area contributed by atoms with Crippen LogP contribution in [0.5, 0.6) is 17.2 Å². The fourth-order valence-corrected chi connectivity index (χ4v) is 2.23. The molecule has 122 valence electrons. The Hall–Kier alpha value is -2.69. The molecule has 2 rings (SSSR count). The second-order valence-electron chi connectivity index (χ2n) is 4.91. The lowest BCUT2D eigenvalue weighted by Gasteiger charge is -2.10. The lowest BCUT2D eigenvalue weighted by molar-refractivity contribution is 0.130. The van der Waals surface area contributed by atoms with Gasteiger partial charge in [-0.15, -0.1) is 0 Å². The molecule has 0 fully saturated rings. The molecule has 0 aromatic heterocycles. The van der Waals surface area contributed by atoms with Gasteiger partial charge in [0.25, 0.3) is 0 Å². The van der Waals surface area contributed by atoms with Crippen molar-refractivity contribution in [3.05, 3.63) is 53.1 Å². The molecule has 0 spiro atoms. The minimum atomic E-state index is 0.327. The number of aryl methyl sites for hydroxylation is 1. The van der Waals surface area contributed by atoms with Gasteiger partial charge in [0, 0.05) is 11.1 Å². The maximum absolute atomic E-state index is 5.39. The Kier molecular flexibility index (Phi) is 5.86. The quantitative estimate of drug-likeness (QED) is 0.579. The normalized spacial score (nSPS) is 10.6. The van der Waals surface area contributed by atoms with Crippen molar-refractivity contribution < 1.29 is 19.0 Å². The smallest absolute Gasteiger partial charge is 0.169 e. The summed E-state index contributed by atoms with van der Waals surface area (Å²) in [6, 6.07) is 11.5. The molecule has 0 heterocycles. The van der Waals surface area contributed by atoms with Gasteiger partial charge in [0.05, 0.1) is 27.5 Å². The molecule has 0 saturated heterocycles. The Bertz CT molecular complexity index is 683. The van der Waals surface area contributed by atoms with Gasteiger partial charge in [0.15, 0.2) is 11.5 Å². The van der Waals surface area contributed by atoms with Gasteiger partial charge in [-0.2, -0.15) is 0 Å². The summed E-state index contributed by atoms with van der Waals surface area (Å²) in [5.41, 5.74) is 2.87. The van der Waals surface area contributed by atoms with Crippen molar-refractivity contribution in [2.75, 3.05) is 21.3 Å². The topological polar surface area (TPSA) is 49.3 Å². The number of oxime groups is 1. The highest BCUT2D eigenvalue weighted by Crippen LogP contribution is 2.29. The van der Waals surface area contributed by atoms with Crippen LogP contribution >= 0.6 is 0 Å². The lowest BCUT2D eigenvalue weighted by atomic mass is 10.1. The highest BCUT2D eigenvalue weighted by Gasteiger charge is 2.07. The van der Waals surface area contributed by atoms with Gasteiger partial charge in [-0.3, -0.25) is 0 Å². The first-order chi connectivity index (χ1) is 11.2. The molecule has 0 N–H and O–H groups in total. The molecular formula is C18H21NO4. The summed E-state index contributed by atoms with van der Waals surface area (Å²) < 4.78 is 15.9. The van der Waals surface area contributed by atoms with E-state index in [-0.39, 0.29) is 0 Å². The Morgan fingerprint density at radius 3 is 2.43 bits per heavy atom. The van der Waals surface area contributed by atoms with E-state index in [1.165, 1.54) is 0 Å². The Morgan fingerprint density at radius 1 is 0.957 bits per heavy atom. The average molecular weight is 315 g/mol. The SMILES string of the molecule is COc1ccc(C)cc1CO/N=C/c1cccc(OC)c1OC. The third kappa shape index (κ3) is 4.16. The fraction of sp³-hybridized carbons (Fsp3) is 0.278. The highest BCUT2D eigenvalue weighted by atomic mass is 16.6. The molecule has 0 aliphatic carbocycles. The largest absolute Gasteiger partial charge is 0.496 e. The number of rotatable bonds is 7. The van der Waals surface area contributed by atoms with E-state index >= 15 is 0 Å². The van der Waals surface area contributed by atoms with Gasteiger partial charge >= 0.3 is 0 Å². The number of ether oxygens (including phenoxy) is 3. The number of para-hydroxylation sites is 1. The molecule has 0 radical (unpaired) electrons. The first-order valence-electron chi connectivity index (χ1n) is 7.19. The number of nitrogens with zero attached hydrogens (tertiary/aromatic N) is 1. The minimum absolute atomic E-state index is 0.327. The summed E-state index contributed by atoms with van der Waals surface area (Å²) in [5.74, 6) is 2.05. The number of methoxy groups -OCH3 is 3. The first kappa shape index (κ1) is 16.7. The van der Waals surface area contributed by atoms with Crippen LogP contribution in [0.4, 0.5) is 0 Å². The molecule has 2 aromatic rings. The Morgan fingerprint density at radius 2 is 1.74 bits per heavy atom. The van der Waals surface area contributed by atoms with Gasteiger partial charge in [0.1, 0.15) is 12.4 Å². The predicted molar refractivity (Wildman–Crippen MR) is 89.7 cm³/mol. The van der Waals surface area contributed by atoms with Crippen molar-refractivity contribution in [3.63, 3.8) is 0 Å². The van der Waals surface area contributed by atoms with Gasteiger partial charge in [-0.25, -0.2) is 0 Å². The van der Waals surface area contributed by atoms with Crippen LogP contribution in [0.15, 0.2) is 41.6 Å². The summed E-state index contributed by atoms with van der Waals surface area (Å²) >= 11 is 0. The number of hydrogen-bond acceptors (Lipinski definition) is 5. The molecule has 0 saturated carbocycles. The van der Waals surface area contributed by atoms with Crippen molar-refractivity contribution >= 4 is 6.21 Å². The van der Waals surface area contributed by atoms with Gasteiger partial charge in [-0.1, -0.05) is 22.9 Å². The molecule has 0 aliphatic rings. The fourth-order valence-electron chi connectivity index (χ4n) is 2.23. The van der Waals surface area contributed by atoms with E-state index in [1.54, 1.807) is 27.5 Å². The highest BCUT2D eigenvalue weighted by molar-refractivity contribution is 5.84. The maximum Gasteiger partial charge on any atom is 0.169 e. The van der Waals surface area contributed by atoms with Crippen molar-refractivity contribution in [1.82, 2.24) is 0 Å². The molecule has 0 bridgehead atoms. The van der Waals surface area contributed by atoms with Gasteiger partial charge in [0.2, 0.25) is 0 Å². The van der Waals surface area contributed by atoms with Crippen molar-refractivity contribution in [2.45, 2.75) is 13.5 Å². The third-order valence-corrected chi connectivity index (χ3v) is 3.36. The van der Waals surface area contributed by atoms with Crippen molar-refractivity contribution in [3.8, 4) is 17.2 Å². The van der Waals surface area contributed by atoms with Crippen LogP contribution in [0.25, 0.3) is 0 Å². The van der Waals surface area contributed by atoms with Gasteiger partial charge in [-0.05, 0) is 31.2 Å². The monoisotopic (exact) mass is 315 g/mol. The summed E-state index contributed by atoms with van der Waals surface area (Å²) in [7, 11) is 4.82. The molecule has 0 unspecified atom stereocenters. The number of benzene rings is 2. The van der Waals surface area contributed by atoms with E-state index in [9.17, 15) is 0 Å². The van der Waals surface area contributed by atoms with Crippen molar-refractivity contribution in [1.29, 1.82) is 0 Å². The molecule has 0 amide bonds. The molecular weight excluding hydrogens is 294 g/mol. The molecule has 23 heavy (non-hydrogen) atoms. The van der Waals surface area contributed by atoms with E-state index in [0.717, 1.165) is 22.4 Å². The standard InChI is InChI=1S/C18H21NO4/c1-13-8-9-16(20-2)15(10-13)12-23-19-11-14-6-5-7-17(21-3)18(14)22-4/h5-11H,12H2,1-4H3/b19-11+. The van der Waals surface area contributed by atoms with Crippen LogP contribution in [0.1, 0.15) is 16.7 Å². The van der Waals surface area contributed by atoms with Crippen LogP contribution < -0.4 is 14.2 Å². The Labute approximate surface area is 136 Å². The van der Waals surface area contributed by atoms with E-state index in [2.05, 4.69) is 5.16 Å². The van der Waals surface area contributed by atoms with E-state index < -0.39 is 0 Å². The second-order valence-corrected chi connectivity index (χ2v) is 4.91. The summed E-state index contributed by atoms with van der Waals surface area (Å²) in [6.07, 6.45) is 1.60. The zero-order valence-electron chi connectivity index (χ0n) is 13.8. The molecule has 5 nitrogen and oxygen atoms in total. The molecule has 0 aliphatic heterocycles. The maximum atomic E-state index is 5.39. The predicted octanol–water partition coefficient (Wildman–Crippen LogP) is 3.57. The second kappa shape index (κ2) is 8.08. The van der Waals surface area contributed by atoms with Crippen molar-refractivity contribution in [2.24, 2.45) is 5.16 Å². The van der Waals surface area contributed by atoms with E-state index in [0.29, 0.717) is 18.1 Å². The van der Waals surface area contributed by atoms with Crippen LogP contribution in [0.2, 0.25) is 0 Å². The van der Waals surface area contributed by atoms with E-state index in [4.69, 9.17) is 19.0 Å². The summed E-state index contributed by atoms with van der Waals surface area (Å²) in [6.45, 7) is 2.35. The van der Waals surface area contributed by atoms with Crippen LogP contribution in [0, 0.1) is 6.92 Å². The minimum Gasteiger partial charge on any atom is -0.496 e. The Balaban J connectivity index is 2.07. The molecule has 0 atom stereocenters. The van der Waals surface area contributed by atoms with E-state index in [1.807, 2.05) is 43.3 Å². The lowest BCUT2D eigenvalue weighted by Crippen LogP contribution is -1.97. The van der Waals surface area contributed by atoms with Crippen LogP contribution in [-0.4, -0.2) is 27.5 Å².